The lowest BCUT2D eigenvalue weighted by molar-refractivity contribution is -0.118. The standard InChI is InChI=1S/C15H20N4O4S2/c1-9(2)13(20)16-14-17-18-15(24-14)25(21,22)19-10(3)11-5-7-12(23-4)8-6-11/h5-10,19H,1-4H3,(H,16,17,20)/t10-/m1/s1. The van der Waals surface area contributed by atoms with Crippen LogP contribution in [0.25, 0.3) is 0 Å². The minimum absolute atomic E-state index is 0.149. The summed E-state index contributed by atoms with van der Waals surface area (Å²) in [5.41, 5.74) is 0.780. The molecule has 8 nitrogen and oxygen atoms in total. The Balaban J connectivity index is 2.10. The maximum Gasteiger partial charge on any atom is 0.270 e. The molecule has 136 valence electrons. The Bertz CT molecular complexity index is 831. The van der Waals surface area contributed by atoms with Crippen LogP contribution in [0.1, 0.15) is 32.4 Å². The molecule has 0 aliphatic rings. The van der Waals surface area contributed by atoms with Crippen LogP contribution in [0, 0.1) is 5.92 Å². The summed E-state index contributed by atoms with van der Waals surface area (Å²) in [6, 6.07) is 6.60. The van der Waals surface area contributed by atoms with Crippen molar-refractivity contribution in [1.82, 2.24) is 14.9 Å². The molecule has 1 aromatic heterocycles. The monoisotopic (exact) mass is 384 g/mol. The van der Waals surface area contributed by atoms with Crippen molar-refractivity contribution in [3.05, 3.63) is 29.8 Å². The topological polar surface area (TPSA) is 110 Å². The average Bonchev–Trinajstić information content (AvgIpc) is 3.04. The van der Waals surface area contributed by atoms with Crippen LogP contribution in [0.3, 0.4) is 0 Å². The molecular weight excluding hydrogens is 364 g/mol. The molecule has 2 aromatic rings. The number of hydrogen-bond acceptors (Lipinski definition) is 7. The van der Waals surface area contributed by atoms with Crippen LogP contribution in [0.2, 0.25) is 0 Å². The number of ether oxygens (including phenoxy) is 1. The number of amides is 1. The molecule has 0 saturated carbocycles. The van der Waals surface area contributed by atoms with Crippen LogP contribution >= 0.6 is 11.3 Å². The number of sulfonamides is 1. The van der Waals surface area contributed by atoms with Gasteiger partial charge in [0, 0.05) is 12.0 Å². The zero-order valence-electron chi connectivity index (χ0n) is 14.3. The van der Waals surface area contributed by atoms with Gasteiger partial charge in [-0.25, -0.2) is 13.1 Å². The minimum atomic E-state index is -3.85. The number of carbonyl (C=O) groups excluding carboxylic acids is 1. The highest BCUT2D eigenvalue weighted by atomic mass is 32.2. The number of aromatic nitrogens is 2. The molecule has 1 aromatic carbocycles. The molecule has 0 unspecified atom stereocenters. The maximum atomic E-state index is 12.4. The lowest BCUT2D eigenvalue weighted by Crippen LogP contribution is -2.26. The van der Waals surface area contributed by atoms with Crippen LogP contribution in [0.15, 0.2) is 28.6 Å². The van der Waals surface area contributed by atoms with Crippen molar-refractivity contribution in [2.24, 2.45) is 5.92 Å². The first-order valence-corrected chi connectivity index (χ1v) is 9.83. The van der Waals surface area contributed by atoms with E-state index in [0.29, 0.717) is 5.75 Å². The van der Waals surface area contributed by atoms with Crippen LogP contribution in [0.4, 0.5) is 5.13 Å². The van der Waals surface area contributed by atoms with Crippen molar-refractivity contribution in [2.75, 3.05) is 12.4 Å². The van der Waals surface area contributed by atoms with Crippen LogP contribution in [-0.2, 0) is 14.8 Å². The first kappa shape index (κ1) is 19.3. The summed E-state index contributed by atoms with van der Waals surface area (Å²) in [5, 5.41) is 10.0. The molecule has 0 spiro atoms. The average molecular weight is 384 g/mol. The molecule has 0 fully saturated rings. The molecule has 0 bridgehead atoms. The SMILES string of the molecule is COc1ccc([C@@H](C)NS(=O)(=O)c2nnc(NC(=O)C(C)C)s2)cc1. The smallest absolute Gasteiger partial charge is 0.270 e. The number of rotatable bonds is 7. The van der Waals surface area contributed by atoms with Crippen molar-refractivity contribution >= 4 is 32.4 Å². The van der Waals surface area contributed by atoms with Gasteiger partial charge in [-0.2, -0.15) is 0 Å². The minimum Gasteiger partial charge on any atom is -0.497 e. The first-order valence-electron chi connectivity index (χ1n) is 7.53. The highest BCUT2D eigenvalue weighted by molar-refractivity contribution is 7.91. The second-order valence-corrected chi connectivity index (χ2v) is 8.50. The third-order valence-corrected chi connectivity index (χ3v) is 6.09. The molecule has 10 heteroatoms. The summed E-state index contributed by atoms with van der Waals surface area (Å²) >= 11 is 0.804. The van der Waals surface area contributed by atoms with Gasteiger partial charge in [0.15, 0.2) is 0 Å². The second kappa shape index (κ2) is 7.89. The Kier molecular flexibility index (Phi) is 6.09. The molecule has 0 aliphatic carbocycles. The fourth-order valence-corrected chi connectivity index (χ4v) is 4.01. The van der Waals surface area contributed by atoms with Crippen molar-refractivity contribution in [2.45, 2.75) is 31.2 Å². The first-order chi connectivity index (χ1) is 11.7. The van der Waals surface area contributed by atoms with Crippen molar-refractivity contribution in [3.63, 3.8) is 0 Å². The molecule has 1 heterocycles. The van der Waals surface area contributed by atoms with E-state index in [1.165, 1.54) is 0 Å². The number of benzene rings is 1. The maximum absolute atomic E-state index is 12.4. The van der Waals surface area contributed by atoms with Gasteiger partial charge >= 0.3 is 0 Å². The van der Waals surface area contributed by atoms with E-state index >= 15 is 0 Å². The third-order valence-electron chi connectivity index (χ3n) is 3.34. The number of nitrogens with zero attached hydrogens (tertiary/aromatic N) is 2. The Hall–Kier alpha value is -2.04. The van der Waals surface area contributed by atoms with E-state index in [1.54, 1.807) is 52.1 Å². The molecule has 2 N–H and O–H groups in total. The van der Waals surface area contributed by atoms with Gasteiger partial charge in [0.25, 0.3) is 10.0 Å². The van der Waals surface area contributed by atoms with E-state index in [1.807, 2.05) is 0 Å². The number of methoxy groups -OCH3 is 1. The summed E-state index contributed by atoms with van der Waals surface area (Å²) in [4.78, 5) is 11.6. The highest BCUT2D eigenvalue weighted by Crippen LogP contribution is 2.23. The van der Waals surface area contributed by atoms with E-state index < -0.39 is 16.1 Å². The lowest BCUT2D eigenvalue weighted by Gasteiger charge is -2.13. The largest absolute Gasteiger partial charge is 0.497 e. The predicted molar refractivity (Wildman–Crippen MR) is 95.1 cm³/mol. The second-order valence-electron chi connectivity index (χ2n) is 5.63. The fourth-order valence-electron chi connectivity index (χ4n) is 1.86. The molecule has 1 atom stereocenters. The quantitative estimate of drug-likeness (QED) is 0.708. The van der Waals surface area contributed by atoms with Gasteiger partial charge in [-0.05, 0) is 24.6 Å². The van der Waals surface area contributed by atoms with Gasteiger partial charge in [-0.1, -0.05) is 37.3 Å². The summed E-state index contributed by atoms with van der Waals surface area (Å²) < 4.78 is 32.3. The van der Waals surface area contributed by atoms with Gasteiger partial charge in [-0.3, -0.25) is 4.79 Å². The summed E-state index contributed by atoms with van der Waals surface area (Å²) in [7, 11) is -2.28. The molecular formula is C15H20N4O4S2. The van der Waals surface area contributed by atoms with Gasteiger partial charge in [0.1, 0.15) is 5.75 Å². The Morgan fingerprint density at radius 1 is 1.16 bits per heavy atom. The van der Waals surface area contributed by atoms with Crippen molar-refractivity contribution in [3.8, 4) is 5.75 Å². The molecule has 25 heavy (non-hydrogen) atoms. The third kappa shape index (κ3) is 4.97. The van der Waals surface area contributed by atoms with Crippen molar-refractivity contribution in [1.29, 1.82) is 0 Å². The van der Waals surface area contributed by atoms with Crippen molar-refractivity contribution < 1.29 is 17.9 Å². The molecule has 2 rings (SSSR count). The van der Waals surface area contributed by atoms with Crippen LogP contribution < -0.4 is 14.8 Å². The van der Waals surface area contributed by atoms with E-state index in [9.17, 15) is 13.2 Å². The normalized spacial score (nSPS) is 12.8. The zero-order valence-corrected chi connectivity index (χ0v) is 15.9. The van der Waals surface area contributed by atoms with Gasteiger partial charge in [0.2, 0.25) is 15.4 Å². The Labute approximate surface area is 150 Å². The van der Waals surface area contributed by atoms with Gasteiger partial charge in [-0.15, -0.1) is 10.2 Å². The number of carbonyl (C=O) groups is 1. The lowest BCUT2D eigenvalue weighted by atomic mass is 10.1. The molecule has 0 saturated heterocycles. The number of nitrogens with one attached hydrogen (secondary N) is 2. The fraction of sp³-hybridized carbons (Fsp3) is 0.400. The van der Waals surface area contributed by atoms with Crippen LogP contribution in [-0.4, -0.2) is 31.6 Å². The predicted octanol–water partition coefficient (Wildman–Crippen LogP) is 2.18. The highest BCUT2D eigenvalue weighted by Gasteiger charge is 2.24. The summed E-state index contributed by atoms with van der Waals surface area (Å²) in [5.74, 6) is 0.199. The molecule has 1 amide bonds. The van der Waals surface area contributed by atoms with E-state index in [2.05, 4.69) is 20.2 Å². The summed E-state index contributed by atoms with van der Waals surface area (Å²) in [6.45, 7) is 5.18. The molecule has 0 radical (unpaired) electrons. The number of hydrogen-bond donors (Lipinski definition) is 2. The van der Waals surface area contributed by atoms with Crippen LogP contribution in [0.5, 0.6) is 5.75 Å². The molecule has 0 aliphatic heterocycles. The Morgan fingerprint density at radius 3 is 2.36 bits per heavy atom. The van der Waals surface area contributed by atoms with E-state index in [-0.39, 0.29) is 21.3 Å². The van der Waals surface area contributed by atoms with Gasteiger partial charge < -0.3 is 10.1 Å². The number of anilines is 1. The Morgan fingerprint density at radius 2 is 1.80 bits per heavy atom. The van der Waals surface area contributed by atoms with Gasteiger partial charge in [0.05, 0.1) is 7.11 Å². The van der Waals surface area contributed by atoms with E-state index in [4.69, 9.17) is 4.74 Å². The zero-order chi connectivity index (χ0) is 18.6. The summed E-state index contributed by atoms with van der Waals surface area (Å²) in [6.07, 6.45) is 0. The van der Waals surface area contributed by atoms with E-state index in [0.717, 1.165) is 16.9 Å².